The minimum absolute atomic E-state index is 0.00774. The second-order valence-electron chi connectivity index (χ2n) is 6.52. The molecule has 5 heteroatoms. The van der Waals surface area contributed by atoms with E-state index >= 15 is 0 Å². The quantitative estimate of drug-likeness (QED) is 0.888. The first-order valence-electron chi connectivity index (χ1n) is 8.11. The van der Waals surface area contributed by atoms with Crippen molar-refractivity contribution in [2.75, 3.05) is 39.1 Å². The average molecular weight is 312 g/mol. The summed E-state index contributed by atoms with van der Waals surface area (Å²) in [6.07, 6.45) is 2.18. The normalized spacial score (nSPS) is 14.3. The molecule has 5 nitrogen and oxygen atoms in total. The van der Waals surface area contributed by atoms with E-state index in [4.69, 9.17) is 4.98 Å². The Balaban J connectivity index is 1.94. The molecule has 23 heavy (non-hydrogen) atoms. The Morgan fingerprint density at radius 3 is 2.65 bits per heavy atom. The first kappa shape index (κ1) is 15.7. The highest BCUT2D eigenvalue weighted by atomic mass is 16.1. The summed E-state index contributed by atoms with van der Waals surface area (Å²) in [6, 6.07) is 10.1. The molecule has 1 aromatic heterocycles. The average Bonchev–Trinajstić information content (AvgIpc) is 3.35. The van der Waals surface area contributed by atoms with Crippen molar-refractivity contribution >= 4 is 22.6 Å². The molecule has 1 aliphatic carbocycles. The number of hydrogen-bond donors (Lipinski definition) is 1. The lowest BCUT2D eigenvalue weighted by molar-refractivity contribution is 0.0952. The number of fused-ring (bicyclic) bond motifs is 1. The zero-order chi connectivity index (χ0) is 16.4. The number of nitrogens with zero attached hydrogens (tertiary/aromatic N) is 3. The van der Waals surface area contributed by atoms with E-state index in [-0.39, 0.29) is 5.91 Å². The predicted molar refractivity (Wildman–Crippen MR) is 94.1 cm³/mol. The summed E-state index contributed by atoms with van der Waals surface area (Å²) in [5.74, 6) is 0.847. The van der Waals surface area contributed by atoms with Crippen molar-refractivity contribution in [3.63, 3.8) is 0 Å². The van der Waals surface area contributed by atoms with E-state index in [1.54, 1.807) is 0 Å². The third-order valence-corrected chi connectivity index (χ3v) is 4.13. The van der Waals surface area contributed by atoms with Gasteiger partial charge in [0.25, 0.3) is 5.91 Å². The fourth-order valence-corrected chi connectivity index (χ4v) is 2.50. The minimum Gasteiger partial charge on any atom is -0.358 e. The van der Waals surface area contributed by atoms with Crippen molar-refractivity contribution in [2.45, 2.75) is 18.9 Å². The van der Waals surface area contributed by atoms with Gasteiger partial charge < -0.3 is 15.1 Å². The van der Waals surface area contributed by atoms with E-state index in [0.29, 0.717) is 11.6 Å². The lowest BCUT2D eigenvalue weighted by Gasteiger charge is -2.21. The van der Waals surface area contributed by atoms with Gasteiger partial charge >= 0.3 is 0 Å². The molecule has 1 amide bonds. The Morgan fingerprint density at radius 2 is 1.96 bits per heavy atom. The van der Waals surface area contributed by atoms with E-state index in [0.717, 1.165) is 42.7 Å². The van der Waals surface area contributed by atoms with E-state index < -0.39 is 0 Å². The molecule has 3 rings (SSSR count). The van der Waals surface area contributed by atoms with Crippen LogP contribution in [0.4, 0.5) is 5.82 Å². The Labute approximate surface area is 137 Å². The smallest absolute Gasteiger partial charge is 0.252 e. The SMILES string of the molecule is CN(C)CCN(C)c1cc(C(=O)NC2CC2)c2ccccc2n1. The molecule has 0 atom stereocenters. The molecular weight excluding hydrogens is 288 g/mol. The van der Waals surface area contributed by atoms with Gasteiger partial charge in [-0.3, -0.25) is 4.79 Å². The van der Waals surface area contributed by atoms with Crippen molar-refractivity contribution < 1.29 is 4.79 Å². The molecule has 1 aromatic carbocycles. The zero-order valence-corrected chi connectivity index (χ0v) is 14.0. The number of rotatable bonds is 6. The Kier molecular flexibility index (Phi) is 4.48. The van der Waals surface area contributed by atoms with Crippen molar-refractivity contribution in [1.29, 1.82) is 0 Å². The first-order valence-corrected chi connectivity index (χ1v) is 8.11. The molecule has 0 saturated heterocycles. The largest absolute Gasteiger partial charge is 0.358 e. The van der Waals surface area contributed by atoms with Crippen LogP contribution in [0.3, 0.4) is 0 Å². The molecule has 0 bridgehead atoms. The third kappa shape index (κ3) is 3.79. The highest BCUT2D eigenvalue weighted by Gasteiger charge is 2.25. The third-order valence-electron chi connectivity index (χ3n) is 4.13. The monoisotopic (exact) mass is 312 g/mol. The van der Waals surface area contributed by atoms with Gasteiger partial charge in [-0.1, -0.05) is 18.2 Å². The maximum atomic E-state index is 12.6. The van der Waals surface area contributed by atoms with E-state index in [9.17, 15) is 4.79 Å². The number of carbonyl (C=O) groups excluding carboxylic acids is 1. The van der Waals surface area contributed by atoms with Gasteiger partial charge in [0.2, 0.25) is 0 Å². The summed E-state index contributed by atoms with van der Waals surface area (Å²) in [5.41, 5.74) is 1.58. The lowest BCUT2D eigenvalue weighted by atomic mass is 10.1. The highest BCUT2D eigenvalue weighted by molar-refractivity contribution is 6.07. The molecule has 0 spiro atoms. The van der Waals surface area contributed by atoms with Crippen LogP contribution in [0.25, 0.3) is 10.9 Å². The van der Waals surface area contributed by atoms with Gasteiger partial charge in [0, 0.05) is 31.6 Å². The topological polar surface area (TPSA) is 48.5 Å². The number of para-hydroxylation sites is 1. The second-order valence-corrected chi connectivity index (χ2v) is 6.52. The highest BCUT2D eigenvalue weighted by Crippen LogP contribution is 2.25. The molecule has 0 aliphatic heterocycles. The Morgan fingerprint density at radius 1 is 1.22 bits per heavy atom. The number of likely N-dealkylation sites (N-methyl/N-ethyl adjacent to an activating group) is 2. The van der Waals surface area contributed by atoms with Crippen molar-refractivity contribution in [3.05, 3.63) is 35.9 Å². The van der Waals surface area contributed by atoms with Crippen LogP contribution in [0.15, 0.2) is 30.3 Å². The number of hydrogen-bond acceptors (Lipinski definition) is 4. The minimum atomic E-state index is 0.00774. The van der Waals surface area contributed by atoms with Crippen LogP contribution in [0.2, 0.25) is 0 Å². The number of nitrogens with one attached hydrogen (secondary N) is 1. The summed E-state index contributed by atoms with van der Waals surface area (Å²) in [4.78, 5) is 21.5. The summed E-state index contributed by atoms with van der Waals surface area (Å²) >= 11 is 0. The number of anilines is 1. The van der Waals surface area contributed by atoms with Gasteiger partial charge in [-0.15, -0.1) is 0 Å². The van der Waals surface area contributed by atoms with Crippen LogP contribution in [0.5, 0.6) is 0 Å². The van der Waals surface area contributed by atoms with Crippen molar-refractivity contribution in [3.8, 4) is 0 Å². The van der Waals surface area contributed by atoms with Crippen LogP contribution >= 0.6 is 0 Å². The van der Waals surface area contributed by atoms with Gasteiger partial charge in [-0.25, -0.2) is 4.98 Å². The molecule has 1 saturated carbocycles. The molecule has 0 unspecified atom stereocenters. The molecule has 1 N–H and O–H groups in total. The first-order chi connectivity index (χ1) is 11.0. The standard InChI is InChI=1S/C18H24N4O/c1-21(2)10-11-22(3)17-12-15(18(23)19-13-8-9-13)14-6-4-5-7-16(14)20-17/h4-7,12-13H,8-11H2,1-3H3,(H,19,23). The fraction of sp³-hybridized carbons (Fsp3) is 0.444. The maximum absolute atomic E-state index is 12.6. The summed E-state index contributed by atoms with van der Waals surface area (Å²) < 4.78 is 0. The van der Waals surface area contributed by atoms with Crippen molar-refractivity contribution in [1.82, 2.24) is 15.2 Å². The number of benzene rings is 1. The van der Waals surface area contributed by atoms with Gasteiger partial charge in [-0.2, -0.15) is 0 Å². The van der Waals surface area contributed by atoms with Gasteiger partial charge in [0.05, 0.1) is 11.1 Å². The summed E-state index contributed by atoms with van der Waals surface area (Å²) in [6.45, 7) is 1.80. The van der Waals surface area contributed by atoms with Gasteiger partial charge in [0.1, 0.15) is 5.82 Å². The van der Waals surface area contributed by atoms with Crippen LogP contribution in [-0.2, 0) is 0 Å². The zero-order valence-electron chi connectivity index (χ0n) is 14.0. The lowest BCUT2D eigenvalue weighted by Crippen LogP contribution is -2.30. The summed E-state index contributed by atoms with van der Waals surface area (Å²) in [5, 5.41) is 4.00. The number of carbonyl (C=O) groups is 1. The molecule has 0 radical (unpaired) electrons. The van der Waals surface area contributed by atoms with Crippen LogP contribution in [0, 0.1) is 0 Å². The van der Waals surface area contributed by atoms with E-state index in [1.165, 1.54) is 0 Å². The number of amides is 1. The molecule has 2 aromatic rings. The van der Waals surface area contributed by atoms with Crippen LogP contribution < -0.4 is 10.2 Å². The Bertz CT molecular complexity index is 709. The summed E-state index contributed by atoms with van der Waals surface area (Å²) in [7, 11) is 6.12. The van der Waals surface area contributed by atoms with Crippen LogP contribution in [-0.4, -0.2) is 56.1 Å². The molecule has 1 aliphatic rings. The fourth-order valence-electron chi connectivity index (χ4n) is 2.50. The van der Waals surface area contributed by atoms with E-state index in [2.05, 4.69) is 29.2 Å². The Hall–Kier alpha value is -2.14. The predicted octanol–water partition coefficient (Wildman–Crippen LogP) is 2.12. The second kappa shape index (κ2) is 6.54. The maximum Gasteiger partial charge on any atom is 0.252 e. The number of pyridine rings is 1. The van der Waals surface area contributed by atoms with Crippen LogP contribution in [0.1, 0.15) is 23.2 Å². The van der Waals surface area contributed by atoms with Gasteiger partial charge in [-0.05, 0) is 39.1 Å². The van der Waals surface area contributed by atoms with E-state index in [1.807, 2.05) is 37.4 Å². The van der Waals surface area contributed by atoms with Gasteiger partial charge in [0.15, 0.2) is 0 Å². The molecular formula is C18H24N4O. The number of aromatic nitrogens is 1. The molecule has 1 fully saturated rings. The molecule has 122 valence electrons. The molecule has 1 heterocycles. The van der Waals surface area contributed by atoms with Crippen molar-refractivity contribution in [2.24, 2.45) is 0 Å².